The first-order valence-corrected chi connectivity index (χ1v) is 7.45. The second kappa shape index (κ2) is 6.47. The number of amides is 1. The number of piperidine rings is 1. The number of rotatable bonds is 3. The number of pyridine rings is 1. The molecular weight excluding hydrogens is 278 g/mol. The van der Waals surface area contributed by atoms with Crippen molar-refractivity contribution >= 4 is 11.6 Å². The highest BCUT2D eigenvalue weighted by molar-refractivity contribution is 5.92. The second-order valence-corrected chi connectivity index (χ2v) is 5.40. The molecule has 1 aromatic heterocycles. The Hall–Kier alpha value is -2.56. The normalized spacial score (nSPS) is 15.5. The minimum atomic E-state index is -0.0434. The van der Waals surface area contributed by atoms with Crippen LogP contribution in [0, 0.1) is 0 Å². The van der Waals surface area contributed by atoms with Crippen LogP contribution in [0.3, 0.4) is 0 Å². The second-order valence-electron chi connectivity index (χ2n) is 5.40. The molecule has 1 aliphatic heterocycles. The zero-order valence-electron chi connectivity index (χ0n) is 12.3. The molecule has 2 aromatic rings. The lowest BCUT2D eigenvalue weighted by Gasteiger charge is -2.32. The number of likely N-dealkylation sites (tertiary alicyclic amines) is 1. The molecular formula is C17H19N3O2. The molecule has 1 amide bonds. The number of nitrogens with zero attached hydrogens (tertiary/aromatic N) is 2. The first kappa shape index (κ1) is 14.4. The van der Waals surface area contributed by atoms with Crippen molar-refractivity contribution in [3.8, 4) is 5.75 Å². The average molecular weight is 297 g/mol. The minimum Gasteiger partial charge on any atom is -0.490 e. The Morgan fingerprint density at radius 3 is 2.50 bits per heavy atom. The van der Waals surface area contributed by atoms with Gasteiger partial charge in [0.05, 0.1) is 11.9 Å². The number of hydrogen-bond acceptors (Lipinski definition) is 4. The van der Waals surface area contributed by atoms with E-state index in [9.17, 15) is 4.79 Å². The number of benzene rings is 1. The molecule has 0 bridgehead atoms. The van der Waals surface area contributed by atoms with Crippen LogP contribution in [0.5, 0.6) is 5.75 Å². The number of carbonyl (C=O) groups is 1. The summed E-state index contributed by atoms with van der Waals surface area (Å²) in [5.41, 5.74) is 6.60. The van der Waals surface area contributed by atoms with E-state index in [1.807, 2.05) is 35.2 Å². The van der Waals surface area contributed by atoms with Gasteiger partial charge >= 0.3 is 0 Å². The van der Waals surface area contributed by atoms with Gasteiger partial charge in [-0.25, -0.2) is 4.98 Å². The molecule has 0 saturated carbocycles. The van der Waals surface area contributed by atoms with Gasteiger partial charge in [-0.1, -0.05) is 18.2 Å². The smallest absolute Gasteiger partial charge is 0.272 e. The lowest BCUT2D eigenvalue weighted by atomic mass is 10.1. The lowest BCUT2D eigenvalue weighted by Crippen LogP contribution is -2.42. The minimum absolute atomic E-state index is 0.0434. The summed E-state index contributed by atoms with van der Waals surface area (Å²) in [6.45, 7) is 1.37. The van der Waals surface area contributed by atoms with E-state index < -0.39 is 0 Å². The highest BCUT2D eigenvalue weighted by Gasteiger charge is 2.25. The largest absolute Gasteiger partial charge is 0.490 e. The highest BCUT2D eigenvalue weighted by atomic mass is 16.5. The summed E-state index contributed by atoms with van der Waals surface area (Å²) in [6, 6.07) is 13.2. The van der Waals surface area contributed by atoms with Gasteiger partial charge in [0.25, 0.3) is 5.91 Å². The van der Waals surface area contributed by atoms with Crippen molar-refractivity contribution in [3.63, 3.8) is 0 Å². The predicted octanol–water partition coefficient (Wildman–Crippen LogP) is 2.35. The molecule has 2 heterocycles. The molecule has 114 valence electrons. The van der Waals surface area contributed by atoms with Crippen LogP contribution in [0.4, 0.5) is 5.69 Å². The number of hydrogen-bond donors (Lipinski definition) is 1. The molecule has 5 nitrogen and oxygen atoms in total. The maximum Gasteiger partial charge on any atom is 0.272 e. The van der Waals surface area contributed by atoms with E-state index in [-0.39, 0.29) is 12.0 Å². The van der Waals surface area contributed by atoms with Crippen LogP contribution in [-0.2, 0) is 0 Å². The molecule has 2 N–H and O–H groups in total. The van der Waals surface area contributed by atoms with Crippen LogP contribution in [0.15, 0.2) is 48.7 Å². The van der Waals surface area contributed by atoms with Crippen molar-refractivity contribution in [1.29, 1.82) is 0 Å². The number of nitrogen functional groups attached to an aromatic ring is 1. The van der Waals surface area contributed by atoms with Gasteiger partial charge in [0.2, 0.25) is 0 Å². The summed E-state index contributed by atoms with van der Waals surface area (Å²) in [5.74, 6) is 0.839. The number of aromatic nitrogens is 1. The molecule has 0 spiro atoms. The highest BCUT2D eigenvalue weighted by Crippen LogP contribution is 2.19. The van der Waals surface area contributed by atoms with Crippen molar-refractivity contribution in [1.82, 2.24) is 9.88 Å². The zero-order chi connectivity index (χ0) is 15.4. The summed E-state index contributed by atoms with van der Waals surface area (Å²) in [7, 11) is 0. The first-order valence-electron chi connectivity index (χ1n) is 7.45. The van der Waals surface area contributed by atoms with Crippen molar-refractivity contribution < 1.29 is 9.53 Å². The Balaban J connectivity index is 1.55. The number of ether oxygens (including phenoxy) is 1. The Kier molecular flexibility index (Phi) is 4.23. The Bertz CT molecular complexity index is 620. The van der Waals surface area contributed by atoms with E-state index in [0.29, 0.717) is 24.5 Å². The van der Waals surface area contributed by atoms with Gasteiger partial charge in [0, 0.05) is 25.9 Å². The maximum absolute atomic E-state index is 12.4. The van der Waals surface area contributed by atoms with Gasteiger partial charge in [-0.2, -0.15) is 0 Å². The third-order valence-corrected chi connectivity index (χ3v) is 3.78. The van der Waals surface area contributed by atoms with E-state index in [1.165, 1.54) is 6.20 Å². The van der Waals surface area contributed by atoms with E-state index >= 15 is 0 Å². The standard InChI is InChI=1S/C17H19N3O2/c18-13-6-7-16(19-12-13)17(21)20-10-8-15(9-11-20)22-14-4-2-1-3-5-14/h1-7,12,15H,8-11,18H2. The molecule has 0 atom stereocenters. The fourth-order valence-electron chi connectivity index (χ4n) is 2.56. The lowest BCUT2D eigenvalue weighted by molar-refractivity contribution is 0.0590. The molecule has 0 unspecified atom stereocenters. The Labute approximate surface area is 129 Å². The van der Waals surface area contributed by atoms with Crippen molar-refractivity contribution in [2.75, 3.05) is 18.8 Å². The van der Waals surface area contributed by atoms with E-state index in [4.69, 9.17) is 10.5 Å². The van der Waals surface area contributed by atoms with E-state index in [0.717, 1.165) is 18.6 Å². The predicted molar refractivity (Wildman–Crippen MR) is 84.6 cm³/mol. The molecule has 3 rings (SSSR count). The van der Waals surface area contributed by atoms with Crippen LogP contribution in [0.1, 0.15) is 23.3 Å². The number of nitrogens with two attached hydrogens (primary N) is 1. The number of carbonyl (C=O) groups excluding carboxylic acids is 1. The van der Waals surface area contributed by atoms with Crippen LogP contribution in [-0.4, -0.2) is 35.0 Å². The fraction of sp³-hybridized carbons (Fsp3) is 0.294. The molecule has 22 heavy (non-hydrogen) atoms. The van der Waals surface area contributed by atoms with E-state index in [1.54, 1.807) is 12.1 Å². The van der Waals surface area contributed by atoms with Crippen LogP contribution < -0.4 is 10.5 Å². The molecule has 1 fully saturated rings. The SMILES string of the molecule is Nc1ccc(C(=O)N2CCC(Oc3ccccc3)CC2)nc1. The van der Waals surface area contributed by atoms with Crippen LogP contribution >= 0.6 is 0 Å². The van der Waals surface area contributed by atoms with E-state index in [2.05, 4.69) is 4.98 Å². The number of anilines is 1. The summed E-state index contributed by atoms with van der Waals surface area (Å²) in [5, 5.41) is 0. The summed E-state index contributed by atoms with van der Waals surface area (Å²) in [6.07, 6.45) is 3.33. The fourth-order valence-corrected chi connectivity index (χ4v) is 2.56. The molecule has 1 aromatic carbocycles. The van der Waals surface area contributed by atoms with Gasteiger partial charge in [0.1, 0.15) is 17.5 Å². The Morgan fingerprint density at radius 2 is 1.86 bits per heavy atom. The number of para-hydroxylation sites is 1. The average Bonchev–Trinajstić information content (AvgIpc) is 2.57. The third-order valence-electron chi connectivity index (χ3n) is 3.78. The summed E-state index contributed by atoms with van der Waals surface area (Å²) < 4.78 is 5.93. The Morgan fingerprint density at radius 1 is 1.14 bits per heavy atom. The van der Waals surface area contributed by atoms with Gasteiger partial charge in [-0.3, -0.25) is 4.79 Å². The van der Waals surface area contributed by atoms with Crippen molar-refractivity contribution in [3.05, 3.63) is 54.4 Å². The quantitative estimate of drug-likeness (QED) is 0.944. The molecule has 0 aliphatic carbocycles. The van der Waals surface area contributed by atoms with Gasteiger partial charge in [-0.15, -0.1) is 0 Å². The zero-order valence-corrected chi connectivity index (χ0v) is 12.3. The topological polar surface area (TPSA) is 68.5 Å². The molecule has 0 radical (unpaired) electrons. The van der Waals surface area contributed by atoms with Crippen LogP contribution in [0.25, 0.3) is 0 Å². The first-order chi connectivity index (χ1) is 10.7. The molecule has 1 aliphatic rings. The third kappa shape index (κ3) is 3.36. The molecule has 1 saturated heterocycles. The van der Waals surface area contributed by atoms with Gasteiger partial charge in [0.15, 0.2) is 0 Å². The van der Waals surface area contributed by atoms with Gasteiger partial charge < -0.3 is 15.4 Å². The van der Waals surface area contributed by atoms with Crippen molar-refractivity contribution in [2.45, 2.75) is 18.9 Å². The van der Waals surface area contributed by atoms with Crippen LogP contribution in [0.2, 0.25) is 0 Å². The van der Waals surface area contributed by atoms with Gasteiger partial charge in [-0.05, 0) is 24.3 Å². The maximum atomic E-state index is 12.4. The molecule has 5 heteroatoms. The summed E-state index contributed by atoms with van der Waals surface area (Å²) >= 11 is 0. The monoisotopic (exact) mass is 297 g/mol. The van der Waals surface area contributed by atoms with Crippen molar-refractivity contribution in [2.24, 2.45) is 0 Å². The summed E-state index contributed by atoms with van der Waals surface area (Å²) in [4.78, 5) is 18.3.